The van der Waals surface area contributed by atoms with E-state index in [9.17, 15) is 9.59 Å². The first-order valence-electron chi connectivity index (χ1n) is 15.1. The van der Waals surface area contributed by atoms with Crippen molar-refractivity contribution in [1.29, 1.82) is 0 Å². The van der Waals surface area contributed by atoms with Crippen LogP contribution in [0.5, 0.6) is 0 Å². The Labute approximate surface area is 264 Å². The number of imidazole rings is 1. The maximum absolute atomic E-state index is 13.8. The molecule has 0 unspecified atom stereocenters. The Morgan fingerprint density at radius 1 is 0.478 bits per heavy atom. The second-order valence-electron chi connectivity index (χ2n) is 11.6. The third-order valence-electron chi connectivity index (χ3n) is 9.04. The lowest BCUT2D eigenvalue weighted by Gasteiger charge is -2.09. The second-order valence-corrected chi connectivity index (χ2v) is 12.7. The Kier molecular flexibility index (Phi) is 5.08. The summed E-state index contributed by atoms with van der Waals surface area (Å²) in [6.07, 6.45) is 0. The first-order chi connectivity index (χ1) is 22.6. The molecule has 46 heavy (non-hydrogen) atoms. The maximum atomic E-state index is 13.8. The summed E-state index contributed by atoms with van der Waals surface area (Å²) in [6.45, 7) is 0. The monoisotopic (exact) mass is 610 g/mol. The molecule has 4 heterocycles. The zero-order valence-corrected chi connectivity index (χ0v) is 25.0. The van der Waals surface area contributed by atoms with Crippen molar-refractivity contribution in [3.05, 3.63) is 154 Å². The van der Waals surface area contributed by atoms with E-state index in [4.69, 9.17) is 4.98 Å². The van der Waals surface area contributed by atoms with Gasteiger partial charge in [0.1, 0.15) is 5.82 Å². The van der Waals surface area contributed by atoms with Gasteiger partial charge in [-0.15, -0.1) is 11.3 Å². The SMILES string of the molecule is O=c1c2cc(-c3ccc4c(c3)sc3ccccc34)ccc2n2c3cc(-c4nc5ccccc5n4-c4ccccc4)ccc3c(=O)n12. The molecule has 0 aliphatic carbocycles. The van der Waals surface area contributed by atoms with Gasteiger partial charge in [0.05, 0.1) is 32.8 Å². The first kappa shape index (κ1) is 25.3. The fourth-order valence-electron chi connectivity index (χ4n) is 6.91. The largest absolute Gasteiger partial charge is 0.292 e. The Bertz CT molecular complexity index is 2970. The fourth-order valence-corrected chi connectivity index (χ4v) is 8.05. The van der Waals surface area contributed by atoms with Crippen LogP contribution in [0.3, 0.4) is 0 Å². The minimum Gasteiger partial charge on any atom is -0.292 e. The molecule has 10 rings (SSSR count). The van der Waals surface area contributed by atoms with Gasteiger partial charge in [-0.25, -0.2) is 9.50 Å². The van der Waals surface area contributed by atoms with E-state index in [1.54, 1.807) is 15.9 Å². The average Bonchev–Trinajstić information content (AvgIpc) is 3.83. The van der Waals surface area contributed by atoms with Crippen molar-refractivity contribution in [3.63, 3.8) is 0 Å². The Hall–Kier alpha value is -6.05. The van der Waals surface area contributed by atoms with E-state index in [2.05, 4.69) is 65.2 Å². The van der Waals surface area contributed by atoms with Crippen LogP contribution >= 0.6 is 11.3 Å². The van der Waals surface area contributed by atoms with Gasteiger partial charge in [-0.3, -0.25) is 14.2 Å². The normalized spacial score (nSPS) is 12.1. The summed E-state index contributed by atoms with van der Waals surface area (Å²) in [5, 5.41) is 3.48. The Morgan fingerprint density at radius 2 is 1.17 bits per heavy atom. The van der Waals surface area contributed by atoms with E-state index in [-0.39, 0.29) is 11.1 Å². The quantitative estimate of drug-likeness (QED) is 0.201. The van der Waals surface area contributed by atoms with E-state index in [1.807, 2.05) is 72.8 Å². The number of nitrogens with zero attached hydrogens (tertiary/aromatic N) is 4. The van der Waals surface area contributed by atoms with E-state index in [0.717, 1.165) is 39.2 Å². The number of hydrogen-bond acceptors (Lipinski definition) is 4. The minimum atomic E-state index is -0.326. The van der Waals surface area contributed by atoms with E-state index >= 15 is 0 Å². The van der Waals surface area contributed by atoms with Gasteiger partial charge in [0.25, 0.3) is 11.1 Å². The third kappa shape index (κ3) is 3.43. The van der Waals surface area contributed by atoms with Crippen LogP contribution in [0.2, 0.25) is 0 Å². The molecule has 0 fully saturated rings. The third-order valence-corrected chi connectivity index (χ3v) is 10.2. The number of fused-ring (bicyclic) bond motifs is 9. The summed E-state index contributed by atoms with van der Waals surface area (Å²) in [4.78, 5) is 32.5. The fraction of sp³-hybridized carbons (Fsp3) is 0. The molecule has 0 aliphatic heterocycles. The molecule has 0 saturated carbocycles. The molecule has 0 bridgehead atoms. The highest BCUT2D eigenvalue weighted by atomic mass is 32.1. The molecule has 0 saturated heterocycles. The zero-order valence-electron chi connectivity index (χ0n) is 24.2. The van der Waals surface area contributed by atoms with Crippen molar-refractivity contribution in [2.24, 2.45) is 0 Å². The minimum absolute atomic E-state index is 0.320. The average molecular weight is 611 g/mol. The van der Waals surface area contributed by atoms with Gasteiger partial charge in [-0.05, 0) is 71.8 Å². The summed E-state index contributed by atoms with van der Waals surface area (Å²) in [5.41, 5.74) is 6.39. The smallest absolute Gasteiger partial charge is 0.282 e. The number of benzene rings is 6. The zero-order chi connectivity index (χ0) is 30.5. The van der Waals surface area contributed by atoms with Crippen molar-refractivity contribution >= 4 is 64.3 Å². The summed E-state index contributed by atoms with van der Waals surface area (Å²) in [5.74, 6) is 0.763. The van der Waals surface area contributed by atoms with Gasteiger partial charge >= 0.3 is 0 Å². The van der Waals surface area contributed by atoms with Gasteiger partial charge in [0.15, 0.2) is 0 Å². The Balaban J connectivity index is 1.18. The molecule has 0 radical (unpaired) electrons. The van der Waals surface area contributed by atoms with Crippen LogP contribution in [-0.2, 0) is 0 Å². The molecule has 7 heteroatoms. The summed E-state index contributed by atoms with van der Waals surface area (Å²) < 4.78 is 7.61. The van der Waals surface area contributed by atoms with Crippen LogP contribution in [0.15, 0.2) is 143 Å². The van der Waals surface area contributed by atoms with Crippen molar-refractivity contribution in [2.75, 3.05) is 0 Å². The molecule has 0 N–H and O–H groups in total. The standard InChI is InChI=1S/C39H22N4O2S/c44-38-29-18-15-25(37-40-31-11-5-6-12-33(31)41(37)26-8-2-1-3-9-26)21-34(29)42-32-19-16-23(20-30(32)39(45)43(38)42)24-14-17-28-27-10-4-7-13-35(27)46-36(28)22-24/h1-22H. The summed E-state index contributed by atoms with van der Waals surface area (Å²) >= 11 is 1.77. The number of rotatable bonds is 3. The maximum Gasteiger partial charge on any atom is 0.282 e. The predicted octanol–water partition coefficient (Wildman–Crippen LogP) is 8.54. The highest BCUT2D eigenvalue weighted by Gasteiger charge is 2.21. The molecule has 10 aromatic rings. The molecule has 0 atom stereocenters. The lowest BCUT2D eigenvalue weighted by atomic mass is 10.0. The highest BCUT2D eigenvalue weighted by Crippen LogP contribution is 2.37. The van der Waals surface area contributed by atoms with Gasteiger partial charge < -0.3 is 0 Å². The molecule has 6 aromatic carbocycles. The summed E-state index contributed by atoms with van der Waals surface area (Å²) in [6, 6.07) is 44.6. The van der Waals surface area contributed by atoms with Crippen LogP contribution in [0.1, 0.15) is 0 Å². The molecule has 4 aromatic heterocycles. The van der Waals surface area contributed by atoms with Crippen LogP contribution in [0, 0.1) is 0 Å². The van der Waals surface area contributed by atoms with Gasteiger partial charge in [0.2, 0.25) is 0 Å². The molecule has 0 amide bonds. The van der Waals surface area contributed by atoms with Crippen LogP contribution in [0.4, 0.5) is 0 Å². The molecular formula is C39H22N4O2S. The first-order valence-corrected chi connectivity index (χ1v) is 15.9. The van der Waals surface area contributed by atoms with Crippen molar-refractivity contribution in [1.82, 2.24) is 18.6 Å². The van der Waals surface area contributed by atoms with Crippen molar-refractivity contribution < 1.29 is 0 Å². The number of para-hydroxylation sites is 3. The molecular weight excluding hydrogens is 589 g/mol. The Morgan fingerprint density at radius 3 is 2.09 bits per heavy atom. The number of aromatic nitrogens is 4. The molecule has 216 valence electrons. The predicted molar refractivity (Wildman–Crippen MR) is 188 cm³/mol. The molecule has 6 nitrogen and oxygen atoms in total. The lowest BCUT2D eigenvalue weighted by molar-refractivity contribution is 0.841. The highest BCUT2D eigenvalue weighted by molar-refractivity contribution is 7.25. The van der Waals surface area contributed by atoms with Crippen LogP contribution < -0.4 is 11.1 Å². The van der Waals surface area contributed by atoms with Crippen LogP contribution in [-0.4, -0.2) is 18.6 Å². The second kappa shape index (κ2) is 9.23. The van der Waals surface area contributed by atoms with Gasteiger partial charge in [-0.2, -0.15) is 4.52 Å². The van der Waals surface area contributed by atoms with Gasteiger partial charge in [0, 0.05) is 31.4 Å². The number of thiophene rings is 1. The van der Waals surface area contributed by atoms with Crippen molar-refractivity contribution in [2.45, 2.75) is 0 Å². The van der Waals surface area contributed by atoms with Crippen LogP contribution in [0.25, 0.3) is 81.2 Å². The number of hydrogen-bond donors (Lipinski definition) is 0. The topological polar surface area (TPSA) is 60.8 Å². The molecule has 0 spiro atoms. The molecule has 0 aliphatic rings. The van der Waals surface area contributed by atoms with Crippen molar-refractivity contribution in [3.8, 4) is 28.2 Å². The van der Waals surface area contributed by atoms with E-state index in [0.29, 0.717) is 21.8 Å². The van der Waals surface area contributed by atoms with Gasteiger partial charge in [-0.1, -0.05) is 72.8 Å². The van der Waals surface area contributed by atoms with E-state index in [1.165, 1.54) is 24.7 Å². The lowest BCUT2D eigenvalue weighted by Crippen LogP contribution is -2.21. The van der Waals surface area contributed by atoms with E-state index < -0.39 is 0 Å². The summed E-state index contributed by atoms with van der Waals surface area (Å²) in [7, 11) is 0.